The predicted octanol–water partition coefficient (Wildman–Crippen LogP) is 0.598. The van der Waals surface area contributed by atoms with Crippen LogP contribution in [0.25, 0.3) is 0 Å². The minimum Gasteiger partial charge on any atom is -0.312 e. The molecule has 0 spiro atoms. The van der Waals surface area contributed by atoms with E-state index in [9.17, 15) is 0 Å². The van der Waals surface area contributed by atoms with Crippen molar-refractivity contribution in [3.63, 3.8) is 0 Å². The van der Waals surface area contributed by atoms with Gasteiger partial charge in [0.1, 0.15) is 0 Å². The van der Waals surface area contributed by atoms with E-state index in [0.717, 1.165) is 17.7 Å². The van der Waals surface area contributed by atoms with Crippen molar-refractivity contribution < 1.29 is 0 Å². The third kappa shape index (κ3) is 1.50. The summed E-state index contributed by atoms with van der Waals surface area (Å²) in [5, 5.41) is 3.49. The number of likely N-dealkylation sites (tertiary alicyclic amines) is 1. The molecule has 3 atom stereocenters. The molecule has 2 aliphatic heterocycles. The fraction of sp³-hybridized carbons (Fsp3) is 1.00. The maximum Gasteiger partial charge on any atom is 0.0236 e. The Hall–Kier alpha value is 0.270. The fourth-order valence-corrected chi connectivity index (χ4v) is 2.39. The van der Waals surface area contributed by atoms with Crippen molar-refractivity contribution in [2.75, 3.05) is 25.4 Å². The van der Waals surface area contributed by atoms with Crippen molar-refractivity contribution in [1.29, 1.82) is 0 Å². The standard InChI is InChI=1S/C9H18N2S/c1-7(6-12)11-3-2-8-4-10-9(8)5-11/h7-10,12H,2-6H2,1H3. The van der Waals surface area contributed by atoms with Gasteiger partial charge in [-0.15, -0.1) is 0 Å². The normalized spacial score (nSPS) is 38.5. The fourth-order valence-electron chi connectivity index (χ4n) is 2.16. The second-order valence-corrected chi connectivity index (χ2v) is 4.46. The monoisotopic (exact) mass is 186 g/mol. The van der Waals surface area contributed by atoms with Gasteiger partial charge in [0.25, 0.3) is 0 Å². The number of nitrogens with one attached hydrogen (secondary N) is 1. The van der Waals surface area contributed by atoms with Crippen molar-refractivity contribution in [2.24, 2.45) is 5.92 Å². The molecule has 3 heteroatoms. The van der Waals surface area contributed by atoms with Crippen molar-refractivity contribution >= 4 is 12.6 Å². The van der Waals surface area contributed by atoms with Crippen molar-refractivity contribution in [3.8, 4) is 0 Å². The van der Waals surface area contributed by atoms with E-state index < -0.39 is 0 Å². The Morgan fingerprint density at radius 3 is 3.00 bits per heavy atom. The second kappa shape index (κ2) is 3.56. The Labute approximate surface area is 80.1 Å². The molecule has 70 valence electrons. The summed E-state index contributed by atoms with van der Waals surface area (Å²) in [4.78, 5) is 2.56. The molecule has 3 unspecified atom stereocenters. The van der Waals surface area contributed by atoms with Gasteiger partial charge in [-0.3, -0.25) is 4.90 Å². The minimum atomic E-state index is 0.650. The molecule has 0 aliphatic carbocycles. The maximum atomic E-state index is 4.33. The average Bonchev–Trinajstić information content (AvgIpc) is 2.06. The van der Waals surface area contributed by atoms with Gasteiger partial charge in [0.15, 0.2) is 0 Å². The number of rotatable bonds is 2. The number of hydrogen-bond acceptors (Lipinski definition) is 3. The van der Waals surface area contributed by atoms with Crippen LogP contribution in [0.5, 0.6) is 0 Å². The first-order valence-corrected chi connectivity index (χ1v) is 5.53. The van der Waals surface area contributed by atoms with E-state index in [1.807, 2.05) is 0 Å². The van der Waals surface area contributed by atoms with Crippen LogP contribution in [-0.2, 0) is 0 Å². The number of thiol groups is 1. The van der Waals surface area contributed by atoms with E-state index in [4.69, 9.17) is 0 Å². The van der Waals surface area contributed by atoms with Crippen molar-refractivity contribution in [2.45, 2.75) is 25.4 Å². The van der Waals surface area contributed by atoms with Crippen LogP contribution < -0.4 is 5.32 Å². The third-order valence-corrected chi connectivity index (χ3v) is 3.85. The Morgan fingerprint density at radius 2 is 2.50 bits per heavy atom. The molecule has 0 bridgehead atoms. The summed E-state index contributed by atoms with van der Waals surface area (Å²) in [6, 6.07) is 1.44. The van der Waals surface area contributed by atoms with Gasteiger partial charge in [-0.05, 0) is 32.4 Å². The molecular formula is C9H18N2S. The molecule has 0 aromatic carbocycles. The predicted molar refractivity (Wildman–Crippen MR) is 54.8 cm³/mol. The summed E-state index contributed by atoms with van der Waals surface area (Å²) in [7, 11) is 0. The van der Waals surface area contributed by atoms with Crippen LogP contribution in [0.1, 0.15) is 13.3 Å². The number of piperidine rings is 1. The lowest BCUT2D eigenvalue weighted by Gasteiger charge is -2.47. The Kier molecular flexibility index (Phi) is 2.63. The highest BCUT2D eigenvalue weighted by molar-refractivity contribution is 7.80. The van der Waals surface area contributed by atoms with Gasteiger partial charge >= 0.3 is 0 Å². The van der Waals surface area contributed by atoms with E-state index in [2.05, 4.69) is 29.8 Å². The van der Waals surface area contributed by atoms with Crippen LogP contribution in [-0.4, -0.2) is 42.4 Å². The number of fused-ring (bicyclic) bond motifs is 1. The summed E-state index contributed by atoms with van der Waals surface area (Å²) in [5.74, 6) is 1.96. The number of nitrogens with zero attached hydrogens (tertiary/aromatic N) is 1. The van der Waals surface area contributed by atoms with E-state index in [1.54, 1.807) is 0 Å². The van der Waals surface area contributed by atoms with Gasteiger partial charge in [-0.25, -0.2) is 0 Å². The van der Waals surface area contributed by atoms with Gasteiger partial charge in [0, 0.05) is 24.4 Å². The van der Waals surface area contributed by atoms with Crippen molar-refractivity contribution in [1.82, 2.24) is 10.2 Å². The summed E-state index contributed by atoms with van der Waals surface area (Å²) in [6.45, 7) is 6.05. The van der Waals surface area contributed by atoms with Crippen LogP contribution in [0.15, 0.2) is 0 Å². The SMILES string of the molecule is CC(CS)N1CCC2CNC2C1. The zero-order valence-electron chi connectivity index (χ0n) is 7.66. The molecule has 2 nitrogen and oxygen atoms in total. The van der Waals surface area contributed by atoms with Crippen molar-refractivity contribution in [3.05, 3.63) is 0 Å². The van der Waals surface area contributed by atoms with Crippen LogP contribution in [0.2, 0.25) is 0 Å². The van der Waals surface area contributed by atoms with E-state index >= 15 is 0 Å². The molecule has 0 radical (unpaired) electrons. The molecule has 1 N–H and O–H groups in total. The second-order valence-electron chi connectivity index (χ2n) is 4.09. The third-order valence-electron chi connectivity index (χ3n) is 3.32. The van der Waals surface area contributed by atoms with Gasteiger partial charge in [-0.1, -0.05) is 0 Å². The van der Waals surface area contributed by atoms with Gasteiger partial charge in [0.2, 0.25) is 0 Å². The lowest BCUT2D eigenvalue weighted by atomic mass is 9.84. The summed E-state index contributed by atoms with van der Waals surface area (Å²) >= 11 is 4.33. The minimum absolute atomic E-state index is 0.650. The summed E-state index contributed by atoms with van der Waals surface area (Å²) in [5.41, 5.74) is 0. The van der Waals surface area contributed by atoms with E-state index in [-0.39, 0.29) is 0 Å². The molecule has 0 aromatic rings. The van der Waals surface area contributed by atoms with Gasteiger partial charge < -0.3 is 5.32 Å². The molecule has 0 amide bonds. The molecule has 2 fully saturated rings. The molecule has 2 saturated heterocycles. The largest absolute Gasteiger partial charge is 0.312 e. The van der Waals surface area contributed by atoms with Gasteiger partial charge in [0.05, 0.1) is 0 Å². The first kappa shape index (κ1) is 8.85. The lowest BCUT2D eigenvalue weighted by Crippen LogP contribution is -2.63. The zero-order chi connectivity index (χ0) is 8.55. The van der Waals surface area contributed by atoms with E-state index in [1.165, 1.54) is 26.1 Å². The molecule has 2 rings (SSSR count). The Morgan fingerprint density at radius 1 is 1.67 bits per heavy atom. The molecule has 0 aromatic heterocycles. The molecule has 12 heavy (non-hydrogen) atoms. The highest BCUT2D eigenvalue weighted by atomic mass is 32.1. The highest BCUT2D eigenvalue weighted by Gasteiger charge is 2.36. The molecule has 2 heterocycles. The highest BCUT2D eigenvalue weighted by Crippen LogP contribution is 2.24. The van der Waals surface area contributed by atoms with E-state index in [0.29, 0.717) is 6.04 Å². The smallest absolute Gasteiger partial charge is 0.0236 e. The average molecular weight is 186 g/mol. The lowest BCUT2D eigenvalue weighted by molar-refractivity contribution is 0.0673. The molecule has 2 aliphatic rings. The van der Waals surface area contributed by atoms with Crippen LogP contribution in [0, 0.1) is 5.92 Å². The Balaban J connectivity index is 1.85. The molecule has 0 saturated carbocycles. The first-order valence-electron chi connectivity index (χ1n) is 4.89. The van der Waals surface area contributed by atoms with Gasteiger partial charge in [-0.2, -0.15) is 12.6 Å². The van der Waals surface area contributed by atoms with Crippen LogP contribution >= 0.6 is 12.6 Å². The first-order chi connectivity index (χ1) is 5.81. The van der Waals surface area contributed by atoms with Crippen LogP contribution in [0.3, 0.4) is 0 Å². The summed E-state index contributed by atoms with van der Waals surface area (Å²) < 4.78 is 0. The topological polar surface area (TPSA) is 15.3 Å². The summed E-state index contributed by atoms with van der Waals surface area (Å²) in [6.07, 6.45) is 1.38. The molecular weight excluding hydrogens is 168 g/mol. The quantitative estimate of drug-likeness (QED) is 0.614. The Bertz CT molecular complexity index is 163. The van der Waals surface area contributed by atoms with Crippen LogP contribution in [0.4, 0.5) is 0 Å². The zero-order valence-corrected chi connectivity index (χ0v) is 8.56. The number of hydrogen-bond donors (Lipinski definition) is 2. The maximum absolute atomic E-state index is 4.33.